The molecule has 1 nitrogen and oxygen atoms in total. The average molecular weight is 221 g/mol. The van der Waals surface area contributed by atoms with Crippen molar-refractivity contribution in [3.8, 4) is 0 Å². The van der Waals surface area contributed by atoms with Gasteiger partial charge in [0.25, 0.3) is 0 Å². The minimum atomic E-state index is 0.110. The lowest BCUT2D eigenvalue weighted by atomic mass is 10.1. The van der Waals surface area contributed by atoms with E-state index in [0.717, 1.165) is 32.1 Å². The van der Waals surface area contributed by atoms with E-state index in [0.29, 0.717) is 5.78 Å². The van der Waals surface area contributed by atoms with E-state index in [1.807, 2.05) is 0 Å². The van der Waals surface area contributed by atoms with E-state index in [-0.39, 0.29) is 4.83 Å². The van der Waals surface area contributed by atoms with Crippen LogP contribution >= 0.6 is 15.9 Å². The Morgan fingerprint density at radius 1 is 1.36 bits per heavy atom. The van der Waals surface area contributed by atoms with Gasteiger partial charge in [-0.05, 0) is 12.8 Å². The Morgan fingerprint density at radius 2 is 2.00 bits per heavy atom. The molecule has 0 heterocycles. The summed E-state index contributed by atoms with van der Waals surface area (Å²) in [5.74, 6) is 0.369. The second-order valence-corrected chi connectivity index (χ2v) is 3.93. The quantitative estimate of drug-likeness (QED) is 0.629. The second kappa shape index (κ2) is 6.84. The van der Waals surface area contributed by atoms with Crippen molar-refractivity contribution in [1.82, 2.24) is 0 Å². The maximum atomic E-state index is 11.2. The van der Waals surface area contributed by atoms with Crippen LogP contribution in [-0.2, 0) is 4.79 Å². The van der Waals surface area contributed by atoms with Crippen LogP contribution in [0.4, 0.5) is 0 Å². The van der Waals surface area contributed by atoms with Crippen molar-refractivity contribution in [1.29, 1.82) is 0 Å². The zero-order valence-electron chi connectivity index (χ0n) is 7.40. The van der Waals surface area contributed by atoms with Gasteiger partial charge in [0, 0.05) is 6.42 Å². The van der Waals surface area contributed by atoms with Crippen LogP contribution in [0.1, 0.15) is 46.0 Å². The molecular formula is C9H17BrO. The summed E-state index contributed by atoms with van der Waals surface area (Å²) in [6, 6.07) is 0. The molecule has 0 fully saturated rings. The first kappa shape index (κ1) is 11.2. The lowest BCUT2D eigenvalue weighted by molar-refractivity contribution is -0.118. The first-order chi connectivity index (χ1) is 5.22. The minimum Gasteiger partial charge on any atom is -0.298 e. The number of carbonyl (C=O) groups excluding carboxylic acids is 1. The van der Waals surface area contributed by atoms with E-state index in [1.54, 1.807) is 0 Å². The van der Waals surface area contributed by atoms with E-state index >= 15 is 0 Å². The fraction of sp³-hybridized carbons (Fsp3) is 0.889. The highest BCUT2D eigenvalue weighted by Gasteiger charge is 2.11. The molecule has 2 heteroatoms. The number of rotatable bonds is 6. The topological polar surface area (TPSA) is 17.1 Å². The minimum absolute atomic E-state index is 0.110. The van der Waals surface area contributed by atoms with Crippen LogP contribution in [0.15, 0.2) is 0 Å². The molecule has 0 saturated heterocycles. The SMILES string of the molecule is CCCCC(=O)C(Br)CCC. The predicted octanol–water partition coefficient (Wildman–Crippen LogP) is 3.31. The highest BCUT2D eigenvalue weighted by atomic mass is 79.9. The van der Waals surface area contributed by atoms with E-state index in [2.05, 4.69) is 29.8 Å². The smallest absolute Gasteiger partial charge is 0.146 e. The number of alkyl halides is 1. The van der Waals surface area contributed by atoms with Gasteiger partial charge in [0.05, 0.1) is 4.83 Å². The van der Waals surface area contributed by atoms with Gasteiger partial charge in [-0.2, -0.15) is 0 Å². The molecule has 0 bridgehead atoms. The van der Waals surface area contributed by atoms with Crippen molar-refractivity contribution < 1.29 is 4.79 Å². The van der Waals surface area contributed by atoms with Crippen LogP contribution in [0.3, 0.4) is 0 Å². The van der Waals surface area contributed by atoms with Gasteiger partial charge in [0.15, 0.2) is 0 Å². The Labute approximate surface area is 77.7 Å². The van der Waals surface area contributed by atoms with Gasteiger partial charge in [-0.3, -0.25) is 4.79 Å². The third-order valence-corrected chi connectivity index (χ3v) is 2.64. The Hall–Kier alpha value is 0.150. The zero-order valence-corrected chi connectivity index (χ0v) is 8.99. The largest absolute Gasteiger partial charge is 0.298 e. The summed E-state index contributed by atoms with van der Waals surface area (Å²) in [6.45, 7) is 4.21. The van der Waals surface area contributed by atoms with Gasteiger partial charge < -0.3 is 0 Å². The van der Waals surface area contributed by atoms with Gasteiger partial charge in [-0.1, -0.05) is 42.6 Å². The van der Waals surface area contributed by atoms with Crippen molar-refractivity contribution in [3.05, 3.63) is 0 Å². The molecule has 1 atom stereocenters. The van der Waals surface area contributed by atoms with Crippen LogP contribution < -0.4 is 0 Å². The number of unbranched alkanes of at least 4 members (excludes halogenated alkanes) is 1. The van der Waals surface area contributed by atoms with Crippen LogP contribution in [-0.4, -0.2) is 10.6 Å². The fourth-order valence-electron chi connectivity index (χ4n) is 0.922. The molecule has 0 aromatic carbocycles. The molecule has 11 heavy (non-hydrogen) atoms. The normalized spacial score (nSPS) is 13.0. The fourth-order valence-corrected chi connectivity index (χ4v) is 1.61. The predicted molar refractivity (Wildman–Crippen MR) is 52.2 cm³/mol. The Balaban J connectivity index is 3.47. The summed E-state index contributed by atoms with van der Waals surface area (Å²) < 4.78 is 0. The third kappa shape index (κ3) is 5.42. The number of ketones is 1. The summed E-state index contributed by atoms with van der Waals surface area (Å²) in [5, 5.41) is 0. The molecule has 0 amide bonds. The van der Waals surface area contributed by atoms with Gasteiger partial charge in [0.1, 0.15) is 5.78 Å². The van der Waals surface area contributed by atoms with Gasteiger partial charge in [0.2, 0.25) is 0 Å². The first-order valence-electron chi connectivity index (χ1n) is 4.39. The monoisotopic (exact) mass is 220 g/mol. The highest BCUT2D eigenvalue weighted by Crippen LogP contribution is 2.12. The molecule has 0 N–H and O–H groups in total. The van der Waals surface area contributed by atoms with Crippen molar-refractivity contribution in [2.24, 2.45) is 0 Å². The summed E-state index contributed by atoms with van der Waals surface area (Å²) in [5.41, 5.74) is 0. The zero-order chi connectivity index (χ0) is 8.69. The molecule has 0 aliphatic carbocycles. The maximum absolute atomic E-state index is 11.2. The van der Waals surface area contributed by atoms with E-state index in [1.165, 1.54) is 0 Å². The Bertz CT molecular complexity index is 112. The van der Waals surface area contributed by atoms with Crippen LogP contribution in [0, 0.1) is 0 Å². The lowest BCUT2D eigenvalue weighted by Crippen LogP contribution is -2.12. The van der Waals surface area contributed by atoms with Crippen LogP contribution in [0.2, 0.25) is 0 Å². The van der Waals surface area contributed by atoms with E-state index in [4.69, 9.17) is 0 Å². The lowest BCUT2D eigenvalue weighted by Gasteiger charge is -2.05. The molecule has 0 spiro atoms. The molecule has 66 valence electrons. The summed E-state index contributed by atoms with van der Waals surface area (Å²) in [6.07, 6.45) is 4.94. The van der Waals surface area contributed by atoms with Gasteiger partial charge in [-0.15, -0.1) is 0 Å². The van der Waals surface area contributed by atoms with E-state index < -0.39 is 0 Å². The van der Waals surface area contributed by atoms with Gasteiger partial charge in [-0.25, -0.2) is 0 Å². The van der Waals surface area contributed by atoms with Crippen molar-refractivity contribution in [3.63, 3.8) is 0 Å². The number of halogens is 1. The molecule has 0 radical (unpaired) electrons. The highest BCUT2D eigenvalue weighted by molar-refractivity contribution is 9.10. The Kier molecular flexibility index (Phi) is 6.93. The molecular weight excluding hydrogens is 204 g/mol. The summed E-state index contributed by atoms with van der Waals surface area (Å²) in [4.78, 5) is 11.4. The summed E-state index contributed by atoms with van der Waals surface area (Å²) >= 11 is 3.38. The second-order valence-electron chi connectivity index (χ2n) is 2.83. The molecule has 0 rings (SSSR count). The first-order valence-corrected chi connectivity index (χ1v) is 5.30. The van der Waals surface area contributed by atoms with Crippen molar-refractivity contribution in [2.45, 2.75) is 50.8 Å². The molecule has 0 saturated carbocycles. The van der Waals surface area contributed by atoms with Crippen LogP contribution in [0.5, 0.6) is 0 Å². The molecule has 0 aliphatic rings. The summed E-state index contributed by atoms with van der Waals surface area (Å²) in [7, 11) is 0. The van der Waals surface area contributed by atoms with Gasteiger partial charge >= 0.3 is 0 Å². The average Bonchev–Trinajstić information content (AvgIpc) is 2.00. The molecule has 0 aromatic rings. The van der Waals surface area contributed by atoms with Crippen molar-refractivity contribution in [2.75, 3.05) is 0 Å². The molecule has 1 unspecified atom stereocenters. The number of hydrogen-bond acceptors (Lipinski definition) is 1. The Morgan fingerprint density at radius 3 is 2.45 bits per heavy atom. The van der Waals surface area contributed by atoms with Crippen LogP contribution in [0.25, 0.3) is 0 Å². The third-order valence-electron chi connectivity index (χ3n) is 1.67. The standard InChI is InChI=1S/C9H17BrO/c1-3-5-7-9(11)8(10)6-4-2/h8H,3-7H2,1-2H3. The van der Waals surface area contributed by atoms with E-state index in [9.17, 15) is 4.79 Å². The number of carbonyl (C=O) groups is 1. The van der Waals surface area contributed by atoms with Crippen molar-refractivity contribution >= 4 is 21.7 Å². The molecule has 0 aliphatic heterocycles. The number of Topliss-reactive ketones (excluding diaryl/α,β-unsaturated/α-hetero) is 1. The molecule has 0 aromatic heterocycles. The number of hydrogen-bond donors (Lipinski definition) is 0. The maximum Gasteiger partial charge on any atom is 0.146 e.